The number of H-pyrrole nitrogens is 1. The molecule has 0 atom stereocenters. The molecule has 2 heterocycles. The van der Waals surface area contributed by atoms with Gasteiger partial charge in [-0.15, -0.1) is 0 Å². The zero-order valence-corrected chi connectivity index (χ0v) is 7.27. The zero-order valence-electron chi connectivity index (χ0n) is 7.27. The van der Waals surface area contributed by atoms with Gasteiger partial charge in [-0.05, 0) is 12.1 Å². The number of fused-ring (bicyclic) bond motifs is 1. The fourth-order valence-electron chi connectivity index (χ4n) is 1.45. The van der Waals surface area contributed by atoms with Crippen LogP contribution in [0.1, 0.15) is 0 Å². The number of rotatable bonds is 1. The number of hydrogen-bond acceptors (Lipinski definition) is 3. The van der Waals surface area contributed by atoms with Crippen molar-refractivity contribution in [1.29, 1.82) is 0 Å². The molecule has 0 amide bonds. The molecule has 0 spiro atoms. The maximum absolute atomic E-state index is 5.29. The van der Waals surface area contributed by atoms with Gasteiger partial charge in [-0.1, -0.05) is 12.1 Å². The SMILES string of the molecule is c1n[nH]c(-c2ccc3ccoc3c2)n1. The van der Waals surface area contributed by atoms with Gasteiger partial charge in [0.1, 0.15) is 11.9 Å². The fourth-order valence-corrected chi connectivity index (χ4v) is 1.45. The molecule has 0 aliphatic heterocycles. The standard InChI is InChI=1S/C10H7N3O/c1-2-8(10-11-6-12-13-10)5-9-7(1)3-4-14-9/h1-6H,(H,11,12,13). The largest absolute Gasteiger partial charge is 0.464 e. The van der Waals surface area contributed by atoms with Gasteiger partial charge in [0.15, 0.2) is 5.82 Å². The highest BCUT2D eigenvalue weighted by atomic mass is 16.3. The van der Waals surface area contributed by atoms with Gasteiger partial charge in [0.25, 0.3) is 0 Å². The van der Waals surface area contributed by atoms with E-state index in [1.54, 1.807) is 6.26 Å². The number of hydrogen-bond donors (Lipinski definition) is 1. The molecule has 4 nitrogen and oxygen atoms in total. The lowest BCUT2D eigenvalue weighted by atomic mass is 10.1. The number of furan rings is 1. The third-order valence-corrected chi connectivity index (χ3v) is 2.14. The Hall–Kier alpha value is -2.10. The van der Waals surface area contributed by atoms with Crippen LogP contribution < -0.4 is 0 Å². The lowest BCUT2D eigenvalue weighted by molar-refractivity contribution is 0.616. The van der Waals surface area contributed by atoms with Crippen LogP contribution in [0.5, 0.6) is 0 Å². The molecule has 0 saturated heterocycles. The number of aromatic amines is 1. The summed E-state index contributed by atoms with van der Waals surface area (Å²) in [4.78, 5) is 4.07. The average molecular weight is 185 g/mol. The van der Waals surface area contributed by atoms with Crippen molar-refractivity contribution in [2.24, 2.45) is 0 Å². The van der Waals surface area contributed by atoms with Gasteiger partial charge < -0.3 is 4.42 Å². The summed E-state index contributed by atoms with van der Waals surface area (Å²) in [6.07, 6.45) is 3.16. The van der Waals surface area contributed by atoms with Crippen molar-refractivity contribution in [2.45, 2.75) is 0 Å². The van der Waals surface area contributed by atoms with Crippen molar-refractivity contribution in [1.82, 2.24) is 15.2 Å². The summed E-state index contributed by atoms with van der Waals surface area (Å²) in [5.74, 6) is 0.753. The molecule has 0 unspecified atom stereocenters. The van der Waals surface area contributed by atoms with Crippen LogP contribution in [-0.4, -0.2) is 15.2 Å². The van der Waals surface area contributed by atoms with E-state index >= 15 is 0 Å². The Bertz CT molecular complexity index is 554. The topological polar surface area (TPSA) is 54.7 Å². The molecule has 0 fully saturated rings. The van der Waals surface area contributed by atoms with Crippen molar-refractivity contribution in [2.75, 3.05) is 0 Å². The Balaban J connectivity index is 2.23. The van der Waals surface area contributed by atoms with Crippen LogP contribution in [0.15, 0.2) is 41.3 Å². The minimum Gasteiger partial charge on any atom is -0.464 e. The highest BCUT2D eigenvalue weighted by Gasteiger charge is 2.02. The first kappa shape index (κ1) is 7.32. The molecule has 4 heteroatoms. The number of aromatic nitrogens is 3. The van der Waals surface area contributed by atoms with Gasteiger partial charge >= 0.3 is 0 Å². The van der Waals surface area contributed by atoms with Crippen molar-refractivity contribution >= 4 is 11.0 Å². The second-order valence-corrected chi connectivity index (χ2v) is 3.01. The zero-order chi connectivity index (χ0) is 9.38. The molecular weight excluding hydrogens is 178 g/mol. The lowest BCUT2D eigenvalue weighted by Gasteiger charge is -1.94. The van der Waals surface area contributed by atoms with Gasteiger partial charge in [0.2, 0.25) is 0 Å². The second-order valence-electron chi connectivity index (χ2n) is 3.01. The molecule has 0 radical (unpaired) electrons. The maximum Gasteiger partial charge on any atom is 0.155 e. The molecule has 1 N–H and O–H groups in total. The first-order valence-electron chi connectivity index (χ1n) is 4.26. The Morgan fingerprint density at radius 3 is 3.07 bits per heavy atom. The summed E-state index contributed by atoms with van der Waals surface area (Å²) in [6.45, 7) is 0. The predicted octanol–water partition coefficient (Wildman–Crippen LogP) is 2.22. The highest BCUT2D eigenvalue weighted by molar-refractivity contribution is 5.81. The van der Waals surface area contributed by atoms with Crippen LogP contribution in [0.3, 0.4) is 0 Å². The minimum atomic E-state index is 0.753. The van der Waals surface area contributed by atoms with E-state index < -0.39 is 0 Å². The average Bonchev–Trinajstić information content (AvgIpc) is 2.88. The molecule has 1 aromatic carbocycles. The van der Waals surface area contributed by atoms with Crippen LogP contribution >= 0.6 is 0 Å². The fraction of sp³-hybridized carbons (Fsp3) is 0. The molecule has 0 bridgehead atoms. The number of benzene rings is 1. The Kier molecular flexibility index (Phi) is 1.41. The quantitative estimate of drug-likeness (QED) is 0.632. The summed E-state index contributed by atoms with van der Waals surface area (Å²) >= 11 is 0. The van der Waals surface area contributed by atoms with Crippen LogP contribution in [0.2, 0.25) is 0 Å². The van der Waals surface area contributed by atoms with Crippen molar-refractivity contribution in [3.8, 4) is 11.4 Å². The van der Waals surface area contributed by atoms with E-state index in [0.717, 1.165) is 22.4 Å². The van der Waals surface area contributed by atoms with Crippen molar-refractivity contribution in [3.05, 3.63) is 36.9 Å². The molecule has 68 valence electrons. The van der Waals surface area contributed by atoms with Crippen LogP contribution in [0.4, 0.5) is 0 Å². The van der Waals surface area contributed by atoms with Gasteiger partial charge in [-0.3, -0.25) is 5.10 Å². The number of nitrogens with zero attached hydrogens (tertiary/aromatic N) is 2. The van der Waals surface area contributed by atoms with E-state index in [4.69, 9.17) is 4.42 Å². The second kappa shape index (κ2) is 2.70. The highest BCUT2D eigenvalue weighted by Crippen LogP contribution is 2.21. The normalized spacial score (nSPS) is 10.9. The van der Waals surface area contributed by atoms with Crippen molar-refractivity contribution in [3.63, 3.8) is 0 Å². The first-order valence-corrected chi connectivity index (χ1v) is 4.26. The lowest BCUT2D eigenvalue weighted by Crippen LogP contribution is -1.79. The van der Waals surface area contributed by atoms with Crippen molar-refractivity contribution < 1.29 is 4.42 Å². The monoisotopic (exact) mass is 185 g/mol. The van der Waals surface area contributed by atoms with E-state index in [1.807, 2.05) is 24.3 Å². The van der Waals surface area contributed by atoms with Crippen LogP contribution in [0, 0.1) is 0 Å². The minimum absolute atomic E-state index is 0.753. The van der Waals surface area contributed by atoms with Gasteiger partial charge in [0, 0.05) is 10.9 Å². The third kappa shape index (κ3) is 1.01. The molecule has 0 aliphatic rings. The maximum atomic E-state index is 5.29. The molecule has 2 aromatic heterocycles. The summed E-state index contributed by atoms with van der Waals surface area (Å²) in [5, 5.41) is 7.70. The summed E-state index contributed by atoms with van der Waals surface area (Å²) in [5.41, 5.74) is 1.84. The molecular formula is C10H7N3O. The molecule has 0 aliphatic carbocycles. The van der Waals surface area contributed by atoms with Crippen LogP contribution in [-0.2, 0) is 0 Å². The molecule has 3 aromatic rings. The van der Waals surface area contributed by atoms with E-state index in [2.05, 4.69) is 15.2 Å². The molecule has 14 heavy (non-hydrogen) atoms. The van der Waals surface area contributed by atoms with Gasteiger partial charge in [-0.25, -0.2) is 4.98 Å². The summed E-state index contributed by atoms with van der Waals surface area (Å²) in [6, 6.07) is 7.85. The van der Waals surface area contributed by atoms with E-state index in [9.17, 15) is 0 Å². The summed E-state index contributed by atoms with van der Waals surface area (Å²) in [7, 11) is 0. The van der Waals surface area contributed by atoms with Crippen LogP contribution in [0.25, 0.3) is 22.4 Å². The van der Waals surface area contributed by atoms with E-state index in [0.29, 0.717) is 0 Å². The third-order valence-electron chi connectivity index (χ3n) is 2.14. The Morgan fingerprint density at radius 2 is 2.21 bits per heavy atom. The molecule has 3 rings (SSSR count). The molecule has 0 saturated carbocycles. The van der Waals surface area contributed by atoms with E-state index in [-0.39, 0.29) is 0 Å². The Morgan fingerprint density at radius 1 is 1.21 bits per heavy atom. The predicted molar refractivity (Wildman–Crippen MR) is 51.6 cm³/mol. The van der Waals surface area contributed by atoms with Gasteiger partial charge in [0.05, 0.1) is 6.26 Å². The Labute approximate surface area is 79.6 Å². The first-order chi connectivity index (χ1) is 6.93. The summed E-state index contributed by atoms with van der Waals surface area (Å²) < 4.78 is 5.29. The van der Waals surface area contributed by atoms with E-state index in [1.165, 1.54) is 6.33 Å². The smallest absolute Gasteiger partial charge is 0.155 e. The number of nitrogens with one attached hydrogen (secondary N) is 1. The van der Waals surface area contributed by atoms with Gasteiger partial charge in [-0.2, -0.15) is 5.10 Å².